The molecule has 5 nitrogen and oxygen atoms in total. The molecule has 0 aliphatic rings. The first-order valence-electron chi connectivity index (χ1n) is 10.0. The van der Waals surface area contributed by atoms with E-state index in [2.05, 4.69) is 34.6 Å². The molecule has 4 aromatic rings. The van der Waals surface area contributed by atoms with Gasteiger partial charge in [0.15, 0.2) is 0 Å². The van der Waals surface area contributed by atoms with Crippen LogP contribution >= 0.6 is 0 Å². The monoisotopic (exact) mass is 397 g/mol. The summed E-state index contributed by atoms with van der Waals surface area (Å²) < 4.78 is 1.67. The van der Waals surface area contributed by atoms with Crippen LogP contribution in [0.1, 0.15) is 24.7 Å². The number of nitrogens with zero attached hydrogens (tertiary/aromatic N) is 2. The molecule has 0 aliphatic heterocycles. The first kappa shape index (κ1) is 19.6. The Balaban J connectivity index is 1.66. The highest BCUT2D eigenvalue weighted by molar-refractivity contribution is 5.93. The molecule has 0 atom stereocenters. The van der Waals surface area contributed by atoms with Crippen molar-refractivity contribution < 1.29 is 4.79 Å². The molecule has 1 N–H and O–H groups in total. The molecule has 0 radical (unpaired) electrons. The molecule has 0 unspecified atom stereocenters. The summed E-state index contributed by atoms with van der Waals surface area (Å²) in [6, 6.07) is 23.6. The van der Waals surface area contributed by atoms with Crippen LogP contribution < -0.4 is 10.9 Å². The molecule has 1 heterocycles. The van der Waals surface area contributed by atoms with Crippen LogP contribution in [0.5, 0.6) is 0 Å². The Bertz CT molecular complexity index is 1260. The molecule has 0 bridgehead atoms. The van der Waals surface area contributed by atoms with Crippen molar-refractivity contribution in [2.24, 2.45) is 0 Å². The van der Waals surface area contributed by atoms with Crippen LogP contribution in [-0.2, 0) is 11.3 Å². The first-order valence-corrected chi connectivity index (χ1v) is 10.0. The van der Waals surface area contributed by atoms with E-state index in [-0.39, 0.29) is 11.5 Å². The quantitative estimate of drug-likeness (QED) is 0.528. The number of carbonyl (C=O) groups excluding carboxylic acids is 1. The van der Waals surface area contributed by atoms with E-state index in [9.17, 15) is 9.59 Å². The summed E-state index contributed by atoms with van der Waals surface area (Å²) >= 11 is 0. The number of rotatable bonds is 5. The van der Waals surface area contributed by atoms with Crippen molar-refractivity contribution in [1.29, 1.82) is 0 Å². The molecule has 0 aliphatic carbocycles. The van der Waals surface area contributed by atoms with Gasteiger partial charge in [-0.15, -0.1) is 0 Å². The Labute approximate surface area is 175 Å². The number of hydrogen-bond donors (Lipinski definition) is 1. The van der Waals surface area contributed by atoms with Crippen LogP contribution in [0.2, 0.25) is 0 Å². The molecule has 5 heteroatoms. The van der Waals surface area contributed by atoms with Crippen molar-refractivity contribution in [3.8, 4) is 11.1 Å². The second-order valence-electron chi connectivity index (χ2n) is 7.25. The van der Waals surface area contributed by atoms with Crippen molar-refractivity contribution >= 4 is 22.5 Å². The predicted molar refractivity (Wildman–Crippen MR) is 121 cm³/mol. The van der Waals surface area contributed by atoms with Crippen LogP contribution in [0.25, 0.3) is 22.0 Å². The maximum atomic E-state index is 13.2. The summed E-state index contributed by atoms with van der Waals surface area (Å²) in [6.45, 7) is 4.07. The number of carbonyl (C=O) groups is 1. The lowest BCUT2D eigenvalue weighted by atomic mass is 10.0. The minimum Gasteiger partial charge on any atom is -0.326 e. The van der Waals surface area contributed by atoms with E-state index in [4.69, 9.17) is 0 Å². The van der Waals surface area contributed by atoms with E-state index in [1.54, 1.807) is 29.7 Å². The van der Waals surface area contributed by atoms with Gasteiger partial charge in [0, 0.05) is 12.1 Å². The zero-order valence-electron chi connectivity index (χ0n) is 17.1. The fourth-order valence-corrected chi connectivity index (χ4v) is 3.46. The van der Waals surface area contributed by atoms with Gasteiger partial charge < -0.3 is 5.32 Å². The minimum atomic E-state index is -0.114. The number of benzene rings is 3. The highest BCUT2D eigenvalue weighted by Gasteiger charge is 2.10. The van der Waals surface area contributed by atoms with Gasteiger partial charge in [-0.3, -0.25) is 14.2 Å². The van der Waals surface area contributed by atoms with Gasteiger partial charge in [0.05, 0.1) is 17.4 Å². The van der Waals surface area contributed by atoms with Gasteiger partial charge in [-0.05, 0) is 41.8 Å². The summed E-state index contributed by atoms with van der Waals surface area (Å²) in [5.41, 5.74) is 4.44. The second-order valence-corrected chi connectivity index (χ2v) is 7.25. The van der Waals surface area contributed by atoms with E-state index < -0.39 is 0 Å². The lowest BCUT2D eigenvalue weighted by molar-refractivity contribution is -0.115. The van der Waals surface area contributed by atoms with Crippen molar-refractivity contribution in [2.45, 2.75) is 26.8 Å². The van der Waals surface area contributed by atoms with Crippen LogP contribution in [0.3, 0.4) is 0 Å². The third-order valence-electron chi connectivity index (χ3n) is 5.15. The first-order chi connectivity index (χ1) is 14.5. The summed E-state index contributed by atoms with van der Waals surface area (Å²) in [7, 11) is 0. The second kappa shape index (κ2) is 8.33. The van der Waals surface area contributed by atoms with Crippen molar-refractivity contribution in [3.05, 3.63) is 94.5 Å². The van der Waals surface area contributed by atoms with Crippen molar-refractivity contribution in [2.75, 3.05) is 5.32 Å². The normalized spacial score (nSPS) is 10.9. The van der Waals surface area contributed by atoms with Crippen molar-refractivity contribution in [3.63, 3.8) is 0 Å². The fourth-order valence-electron chi connectivity index (χ4n) is 3.46. The Morgan fingerprint density at radius 3 is 2.37 bits per heavy atom. The Morgan fingerprint density at radius 1 is 0.967 bits per heavy atom. The largest absolute Gasteiger partial charge is 0.326 e. The van der Waals surface area contributed by atoms with Crippen LogP contribution in [0, 0.1) is 6.92 Å². The molecule has 1 amide bonds. The molecule has 0 fully saturated rings. The third-order valence-corrected chi connectivity index (χ3v) is 5.15. The zero-order chi connectivity index (χ0) is 21.1. The summed E-state index contributed by atoms with van der Waals surface area (Å²) in [5, 5.41) is 3.30. The van der Waals surface area contributed by atoms with Crippen LogP contribution in [-0.4, -0.2) is 15.5 Å². The van der Waals surface area contributed by atoms with Gasteiger partial charge in [0.1, 0.15) is 5.82 Å². The van der Waals surface area contributed by atoms with Crippen molar-refractivity contribution in [1.82, 2.24) is 9.55 Å². The predicted octanol–water partition coefficient (Wildman–Crippen LogP) is 4.77. The molecule has 0 spiro atoms. The lowest BCUT2D eigenvalue weighted by Gasteiger charge is -2.12. The highest BCUT2D eigenvalue weighted by atomic mass is 16.1. The Hall–Kier alpha value is -3.73. The number of aromatic nitrogens is 2. The average molecular weight is 397 g/mol. The molecule has 4 rings (SSSR count). The van der Waals surface area contributed by atoms with Gasteiger partial charge in [0.25, 0.3) is 5.56 Å². The lowest BCUT2D eigenvalue weighted by Crippen LogP contribution is -2.24. The van der Waals surface area contributed by atoms with Crippen LogP contribution in [0.15, 0.2) is 77.6 Å². The zero-order valence-corrected chi connectivity index (χ0v) is 17.1. The molecular weight excluding hydrogens is 374 g/mol. The van der Waals surface area contributed by atoms with Gasteiger partial charge in [-0.1, -0.05) is 61.5 Å². The van der Waals surface area contributed by atoms with Gasteiger partial charge in [-0.2, -0.15) is 0 Å². The highest BCUT2D eigenvalue weighted by Crippen LogP contribution is 2.20. The maximum absolute atomic E-state index is 13.2. The molecule has 1 aromatic heterocycles. The Morgan fingerprint density at radius 2 is 1.67 bits per heavy atom. The maximum Gasteiger partial charge on any atom is 0.261 e. The third kappa shape index (κ3) is 4.01. The number of fused-ring (bicyclic) bond motifs is 1. The molecule has 150 valence electrons. The van der Waals surface area contributed by atoms with Gasteiger partial charge in [-0.25, -0.2) is 4.98 Å². The van der Waals surface area contributed by atoms with Gasteiger partial charge in [0.2, 0.25) is 5.91 Å². The number of amides is 1. The average Bonchev–Trinajstić information content (AvgIpc) is 2.78. The van der Waals surface area contributed by atoms with Crippen LogP contribution in [0.4, 0.5) is 5.69 Å². The number of hydrogen-bond acceptors (Lipinski definition) is 3. The standard InChI is InChI=1S/C25H23N3O2/c1-3-24(29)27-21-13-14-23-22(15-21)25(30)28(17(2)26-23)16-18-9-11-20(12-10-18)19-7-5-4-6-8-19/h4-15H,3,16H2,1-2H3,(H,27,29). The number of nitrogens with one attached hydrogen (secondary N) is 1. The van der Waals surface area contributed by atoms with E-state index in [0.29, 0.717) is 35.4 Å². The fraction of sp³-hybridized carbons (Fsp3) is 0.160. The van der Waals surface area contributed by atoms with Gasteiger partial charge >= 0.3 is 0 Å². The molecule has 0 saturated carbocycles. The molecule has 0 saturated heterocycles. The van der Waals surface area contributed by atoms with E-state index in [1.165, 1.54) is 0 Å². The smallest absolute Gasteiger partial charge is 0.261 e. The Kier molecular flexibility index (Phi) is 5.44. The van der Waals surface area contributed by atoms with E-state index in [0.717, 1.165) is 16.7 Å². The molecular formula is C25H23N3O2. The SMILES string of the molecule is CCC(=O)Nc1ccc2nc(C)n(Cc3ccc(-c4ccccc4)cc3)c(=O)c2c1. The number of aryl methyl sites for hydroxylation is 1. The topological polar surface area (TPSA) is 64.0 Å². The molecule has 30 heavy (non-hydrogen) atoms. The van der Waals surface area contributed by atoms with E-state index in [1.807, 2.05) is 37.3 Å². The summed E-state index contributed by atoms with van der Waals surface area (Å²) in [6.07, 6.45) is 0.382. The summed E-state index contributed by atoms with van der Waals surface area (Å²) in [4.78, 5) is 29.4. The number of anilines is 1. The van der Waals surface area contributed by atoms with E-state index >= 15 is 0 Å². The summed E-state index contributed by atoms with van der Waals surface area (Å²) in [5.74, 6) is 0.568. The minimum absolute atomic E-state index is 0.0896. The molecule has 3 aromatic carbocycles.